The summed E-state index contributed by atoms with van der Waals surface area (Å²) in [4.78, 5) is 0. The van der Waals surface area contributed by atoms with Crippen LogP contribution in [0.15, 0.2) is 24.3 Å². The van der Waals surface area contributed by atoms with Crippen LogP contribution in [0.25, 0.3) is 0 Å². The number of allylic oxidation sites excluding steroid dienone is 4. The van der Waals surface area contributed by atoms with Crippen molar-refractivity contribution in [2.45, 2.75) is 122 Å². The Balaban J connectivity index is 1.68. The zero-order valence-electron chi connectivity index (χ0n) is 16.2. The third-order valence-corrected chi connectivity index (χ3v) is 6.25. The van der Waals surface area contributed by atoms with Crippen molar-refractivity contribution in [2.24, 2.45) is 5.41 Å². The van der Waals surface area contributed by atoms with Crippen molar-refractivity contribution in [3.8, 4) is 0 Å². The van der Waals surface area contributed by atoms with E-state index in [1.54, 1.807) is 0 Å². The Labute approximate surface area is 152 Å². The van der Waals surface area contributed by atoms with Crippen molar-refractivity contribution in [2.75, 3.05) is 0 Å². The summed E-state index contributed by atoms with van der Waals surface area (Å²) in [6.45, 7) is 0. The van der Waals surface area contributed by atoms with Crippen LogP contribution in [0.1, 0.15) is 122 Å². The molecule has 0 aliphatic heterocycles. The van der Waals surface area contributed by atoms with Crippen LogP contribution >= 0.6 is 0 Å². The molecule has 1 saturated carbocycles. The zero-order chi connectivity index (χ0) is 16.8. The second-order valence-electron chi connectivity index (χ2n) is 8.46. The quantitative estimate of drug-likeness (QED) is 0.417. The molecule has 0 aromatic carbocycles. The van der Waals surface area contributed by atoms with Gasteiger partial charge in [0.1, 0.15) is 0 Å². The standard InChI is InChI=1S/C24H42/c1-2-4-6-8-10-12-14-16-20-24(22-18-19-23-24)21-17-15-13-11-9-7-5-3-1/h18-19,22-23H,1-17,20-21H2. The molecule has 2 rings (SSSR count). The first kappa shape index (κ1) is 19.8. The van der Waals surface area contributed by atoms with E-state index < -0.39 is 0 Å². The van der Waals surface area contributed by atoms with Gasteiger partial charge in [-0.2, -0.15) is 0 Å². The first-order chi connectivity index (χ1) is 11.9. The highest BCUT2D eigenvalue weighted by molar-refractivity contribution is 5.24. The lowest BCUT2D eigenvalue weighted by Gasteiger charge is -2.25. The van der Waals surface area contributed by atoms with Crippen molar-refractivity contribution >= 4 is 0 Å². The second kappa shape index (κ2) is 12.8. The summed E-state index contributed by atoms with van der Waals surface area (Å²) >= 11 is 0. The average molecular weight is 331 g/mol. The average Bonchev–Trinajstić information content (AvgIpc) is 3.05. The van der Waals surface area contributed by atoms with Gasteiger partial charge in [0.25, 0.3) is 0 Å². The van der Waals surface area contributed by atoms with E-state index in [1.165, 1.54) is 122 Å². The highest BCUT2D eigenvalue weighted by Gasteiger charge is 2.24. The van der Waals surface area contributed by atoms with E-state index in [2.05, 4.69) is 24.3 Å². The van der Waals surface area contributed by atoms with Crippen LogP contribution in [0.4, 0.5) is 0 Å². The van der Waals surface area contributed by atoms with Gasteiger partial charge in [0.05, 0.1) is 0 Å². The van der Waals surface area contributed by atoms with Gasteiger partial charge in [0.2, 0.25) is 0 Å². The molecule has 0 amide bonds. The van der Waals surface area contributed by atoms with Crippen LogP contribution in [0.5, 0.6) is 0 Å². The summed E-state index contributed by atoms with van der Waals surface area (Å²) in [7, 11) is 0. The smallest absolute Gasteiger partial charge is 0.00671 e. The largest absolute Gasteiger partial charge is 0.0745 e. The molecule has 0 saturated heterocycles. The molecule has 0 N–H and O–H groups in total. The first-order valence-electron chi connectivity index (χ1n) is 11.3. The van der Waals surface area contributed by atoms with Gasteiger partial charge in [-0.25, -0.2) is 0 Å². The predicted octanol–water partition coefficient (Wildman–Crippen LogP) is 8.52. The van der Waals surface area contributed by atoms with Gasteiger partial charge in [-0.15, -0.1) is 0 Å². The maximum atomic E-state index is 2.50. The number of rotatable bonds is 0. The molecule has 0 aromatic rings. The fourth-order valence-corrected chi connectivity index (χ4v) is 4.57. The Hall–Kier alpha value is -0.520. The van der Waals surface area contributed by atoms with Crippen molar-refractivity contribution in [1.82, 2.24) is 0 Å². The van der Waals surface area contributed by atoms with Gasteiger partial charge in [-0.3, -0.25) is 0 Å². The molecule has 0 atom stereocenters. The van der Waals surface area contributed by atoms with E-state index in [9.17, 15) is 0 Å². The van der Waals surface area contributed by atoms with Crippen molar-refractivity contribution in [3.05, 3.63) is 24.3 Å². The van der Waals surface area contributed by atoms with Crippen LogP contribution in [0.2, 0.25) is 0 Å². The molecule has 0 heterocycles. The Morgan fingerprint density at radius 2 is 0.583 bits per heavy atom. The fraction of sp³-hybridized carbons (Fsp3) is 0.833. The first-order valence-corrected chi connectivity index (χ1v) is 11.3. The molecule has 0 unspecified atom stereocenters. The lowest BCUT2D eigenvalue weighted by Crippen LogP contribution is -2.13. The molecule has 0 heteroatoms. The van der Waals surface area contributed by atoms with Gasteiger partial charge in [0.15, 0.2) is 0 Å². The predicted molar refractivity (Wildman–Crippen MR) is 108 cm³/mol. The molecule has 0 nitrogen and oxygen atoms in total. The Kier molecular flexibility index (Phi) is 10.5. The monoisotopic (exact) mass is 330 g/mol. The van der Waals surface area contributed by atoms with Crippen LogP contribution < -0.4 is 0 Å². The van der Waals surface area contributed by atoms with Crippen LogP contribution in [-0.4, -0.2) is 0 Å². The van der Waals surface area contributed by atoms with Crippen molar-refractivity contribution in [1.29, 1.82) is 0 Å². The van der Waals surface area contributed by atoms with Gasteiger partial charge >= 0.3 is 0 Å². The molecule has 0 bridgehead atoms. The molecule has 1 fully saturated rings. The fourth-order valence-electron chi connectivity index (χ4n) is 4.57. The van der Waals surface area contributed by atoms with E-state index >= 15 is 0 Å². The van der Waals surface area contributed by atoms with Crippen molar-refractivity contribution in [3.63, 3.8) is 0 Å². The number of hydrogen-bond acceptors (Lipinski definition) is 0. The summed E-state index contributed by atoms with van der Waals surface area (Å²) in [5, 5.41) is 0. The third-order valence-electron chi connectivity index (χ3n) is 6.25. The normalized spacial score (nSPS) is 25.7. The molecular formula is C24H42. The maximum absolute atomic E-state index is 2.50. The van der Waals surface area contributed by atoms with Crippen LogP contribution in [0.3, 0.4) is 0 Å². The van der Waals surface area contributed by atoms with Gasteiger partial charge in [-0.05, 0) is 12.8 Å². The van der Waals surface area contributed by atoms with E-state index in [-0.39, 0.29) is 0 Å². The van der Waals surface area contributed by atoms with Gasteiger partial charge in [-0.1, -0.05) is 133 Å². The topological polar surface area (TPSA) is 0 Å². The molecule has 0 aromatic heterocycles. The van der Waals surface area contributed by atoms with E-state index in [0.29, 0.717) is 5.41 Å². The second-order valence-corrected chi connectivity index (χ2v) is 8.46. The summed E-state index contributed by atoms with van der Waals surface area (Å²) < 4.78 is 0. The summed E-state index contributed by atoms with van der Waals surface area (Å²) in [5.74, 6) is 0. The molecule has 1 spiro atoms. The molecule has 2 aliphatic rings. The van der Waals surface area contributed by atoms with Gasteiger partial charge in [0, 0.05) is 5.41 Å². The highest BCUT2D eigenvalue weighted by atomic mass is 14.3. The van der Waals surface area contributed by atoms with Crippen LogP contribution in [-0.2, 0) is 0 Å². The summed E-state index contributed by atoms with van der Waals surface area (Å²) in [5.41, 5.74) is 0.431. The SMILES string of the molecule is C1=CC2(C=C1)CCCCCCCCCCCCCCCCCCC2. The Morgan fingerprint density at radius 1 is 0.333 bits per heavy atom. The highest BCUT2D eigenvalue weighted by Crippen LogP contribution is 2.38. The molecule has 2 aliphatic carbocycles. The Bertz CT molecular complexity index is 315. The zero-order valence-corrected chi connectivity index (χ0v) is 16.2. The molecule has 0 radical (unpaired) electrons. The lowest BCUT2D eigenvalue weighted by molar-refractivity contribution is 0.374. The van der Waals surface area contributed by atoms with Gasteiger partial charge < -0.3 is 0 Å². The molecular weight excluding hydrogens is 288 g/mol. The third kappa shape index (κ3) is 8.54. The van der Waals surface area contributed by atoms with E-state index in [1.807, 2.05) is 0 Å². The minimum atomic E-state index is 0.431. The minimum absolute atomic E-state index is 0.431. The summed E-state index contributed by atoms with van der Waals surface area (Å²) in [6.07, 6.45) is 37.3. The van der Waals surface area contributed by atoms with E-state index in [4.69, 9.17) is 0 Å². The molecule has 138 valence electrons. The summed E-state index contributed by atoms with van der Waals surface area (Å²) in [6, 6.07) is 0. The molecule has 24 heavy (non-hydrogen) atoms. The minimum Gasteiger partial charge on any atom is -0.0745 e. The lowest BCUT2D eigenvalue weighted by atomic mass is 9.79. The van der Waals surface area contributed by atoms with Crippen LogP contribution in [0, 0.1) is 5.41 Å². The Morgan fingerprint density at radius 3 is 0.875 bits per heavy atom. The van der Waals surface area contributed by atoms with E-state index in [0.717, 1.165) is 0 Å². The maximum Gasteiger partial charge on any atom is 0.00671 e. The number of hydrogen-bond donors (Lipinski definition) is 0. The van der Waals surface area contributed by atoms with Crippen molar-refractivity contribution < 1.29 is 0 Å².